The Hall–Kier alpha value is -3.44. The SMILES string of the molecule is Cc1ccc(C2=C(Nc3ccccc3C)C(=O)N(c3ccc(F)c(Cl)c3)C2=O)cc1C. The molecule has 0 fully saturated rings. The van der Waals surface area contributed by atoms with Crippen molar-refractivity contribution in [2.24, 2.45) is 0 Å². The highest BCUT2D eigenvalue weighted by Crippen LogP contribution is 2.36. The van der Waals surface area contributed by atoms with Crippen molar-refractivity contribution in [2.45, 2.75) is 20.8 Å². The van der Waals surface area contributed by atoms with Crippen molar-refractivity contribution >= 4 is 40.4 Å². The van der Waals surface area contributed by atoms with Crippen molar-refractivity contribution < 1.29 is 14.0 Å². The van der Waals surface area contributed by atoms with Gasteiger partial charge in [0.15, 0.2) is 0 Å². The minimum absolute atomic E-state index is 0.161. The summed E-state index contributed by atoms with van der Waals surface area (Å²) in [6, 6.07) is 16.9. The Morgan fingerprint density at radius 1 is 0.839 bits per heavy atom. The second-order valence-corrected chi connectivity index (χ2v) is 7.94. The van der Waals surface area contributed by atoms with Gasteiger partial charge < -0.3 is 5.32 Å². The van der Waals surface area contributed by atoms with Crippen LogP contribution in [0, 0.1) is 26.6 Å². The van der Waals surface area contributed by atoms with Crippen molar-refractivity contribution in [2.75, 3.05) is 10.2 Å². The van der Waals surface area contributed by atoms with Gasteiger partial charge in [0.2, 0.25) is 0 Å². The molecule has 0 unspecified atom stereocenters. The van der Waals surface area contributed by atoms with E-state index in [1.807, 2.05) is 63.2 Å². The monoisotopic (exact) mass is 434 g/mol. The van der Waals surface area contributed by atoms with E-state index in [4.69, 9.17) is 11.6 Å². The summed E-state index contributed by atoms with van der Waals surface area (Å²) in [7, 11) is 0. The van der Waals surface area contributed by atoms with E-state index in [2.05, 4.69) is 5.32 Å². The van der Waals surface area contributed by atoms with Gasteiger partial charge in [-0.1, -0.05) is 48.0 Å². The molecule has 0 aliphatic carbocycles. The number of nitrogens with zero attached hydrogens (tertiary/aromatic N) is 1. The van der Waals surface area contributed by atoms with E-state index in [1.165, 1.54) is 12.1 Å². The molecule has 3 aromatic rings. The van der Waals surface area contributed by atoms with Gasteiger partial charge in [-0.3, -0.25) is 9.59 Å². The van der Waals surface area contributed by atoms with Gasteiger partial charge in [0.05, 0.1) is 16.3 Å². The van der Waals surface area contributed by atoms with Crippen LogP contribution in [0.25, 0.3) is 5.57 Å². The maximum absolute atomic E-state index is 13.7. The first-order valence-corrected chi connectivity index (χ1v) is 10.1. The molecule has 6 heteroatoms. The molecular weight excluding hydrogens is 415 g/mol. The lowest BCUT2D eigenvalue weighted by molar-refractivity contribution is -0.120. The largest absolute Gasteiger partial charge is 0.350 e. The van der Waals surface area contributed by atoms with Crippen LogP contribution in [0.2, 0.25) is 5.02 Å². The van der Waals surface area contributed by atoms with Gasteiger partial charge in [-0.15, -0.1) is 0 Å². The van der Waals surface area contributed by atoms with Crippen LogP contribution in [0.15, 0.2) is 66.4 Å². The van der Waals surface area contributed by atoms with Crippen molar-refractivity contribution in [1.82, 2.24) is 0 Å². The summed E-state index contributed by atoms with van der Waals surface area (Å²) >= 11 is 5.91. The molecule has 0 aromatic heterocycles. The molecule has 0 saturated heterocycles. The molecule has 0 spiro atoms. The van der Waals surface area contributed by atoms with E-state index in [0.717, 1.165) is 33.3 Å². The first kappa shape index (κ1) is 20.8. The minimum Gasteiger partial charge on any atom is -0.350 e. The molecule has 1 aliphatic heterocycles. The number of para-hydroxylation sites is 1. The molecule has 4 nitrogen and oxygen atoms in total. The van der Waals surface area contributed by atoms with E-state index in [0.29, 0.717) is 5.56 Å². The van der Waals surface area contributed by atoms with E-state index in [1.54, 1.807) is 0 Å². The number of hydrogen-bond acceptors (Lipinski definition) is 3. The Morgan fingerprint density at radius 2 is 1.58 bits per heavy atom. The number of benzene rings is 3. The summed E-state index contributed by atoms with van der Waals surface area (Å²) < 4.78 is 13.7. The number of amides is 2. The van der Waals surface area contributed by atoms with Gasteiger partial charge in [-0.2, -0.15) is 0 Å². The fourth-order valence-corrected chi connectivity index (χ4v) is 3.69. The zero-order valence-corrected chi connectivity index (χ0v) is 18.0. The highest BCUT2D eigenvalue weighted by Gasteiger charge is 2.40. The zero-order valence-electron chi connectivity index (χ0n) is 17.3. The lowest BCUT2D eigenvalue weighted by Gasteiger charge is -2.16. The van der Waals surface area contributed by atoms with Crippen molar-refractivity contribution in [1.29, 1.82) is 0 Å². The molecule has 2 amide bonds. The molecule has 0 bridgehead atoms. The first-order chi connectivity index (χ1) is 14.8. The number of rotatable bonds is 4. The van der Waals surface area contributed by atoms with Crippen LogP contribution in [0.5, 0.6) is 0 Å². The third kappa shape index (κ3) is 3.73. The topological polar surface area (TPSA) is 49.4 Å². The lowest BCUT2D eigenvalue weighted by Crippen LogP contribution is -2.32. The predicted octanol–water partition coefficient (Wildman–Crippen LogP) is 5.80. The quantitative estimate of drug-likeness (QED) is 0.528. The van der Waals surface area contributed by atoms with E-state index >= 15 is 0 Å². The van der Waals surface area contributed by atoms with Crippen LogP contribution in [-0.2, 0) is 9.59 Å². The summed E-state index contributed by atoms with van der Waals surface area (Å²) in [5, 5.41) is 3.00. The van der Waals surface area contributed by atoms with Gasteiger partial charge in [-0.05, 0) is 67.3 Å². The smallest absolute Gasteiger partial charge is 0.282 e. The number of halogens is 2. The maximum Gasteiger partial charge on any atom is 0.282 e. The van der Waals surface area contributed by atoms with Crippen LogP contribution in [0.4, 0.5) is 15.8 Å². The highest BCUT2D eigenvalue weighted by atomic mass is 35.5. The van der Waals surface area contributed by atoms with Crippen LogP contribution < -0.4 is 10.2 Å². The molecule has 1 aliphatic rings. The van der Waals surface area contributed by atoms with Crippen LogP contribution in [0.1, 0.15) is 22.3 Å². The Balaban J connectivity index is 1.87. The molecular formula is C25H20ClFN2O2. The average molecular weight is 435 g/mol. The van der Waals surface area contributed by atoms with Crippen molar-refractivity contribution in [3.8, 4) is 0 Å². The third-order valence-electron chi connectivity index (χ3n) is 5.45. The first-order valence-electron chi connectivity index (χ1n) is 9.76. The lowest BCUT2D eigenvalue weighted by atomic mass is 9.99. The van der Waals surface area contributed by atoms with Crippen LogP contribution in [-0.4, -0.2) is 11.8 Å². The van der Waals surface area contributed by atoms with Gasteiger partial charge in [-0.25, -0.2) is 9.29 Å². The molecule has 1 heterocycles. The van der Waals surface area contributed by atoms with Gasteiger partial charge >= 0.3 is 0 Å². The standard InChI is InChI=1S/C25H20ClFN2O2/c1-14-8-9-17(12-16(14)3)22-23(28-21-7-5-4-6-15(21)2)25(31)29(24(22)30)18-10-11-20(27)19(26)13-18/h4-13,28H,1-3H3. The number of hydrogen-bond donors (Lipinski definition) is 1. The fourth-order valence-electron chi connectivity index (χ4n) is 3.52. The molecule has 0 radical (unpaired) electrons. The van der Waals surface area contributed by atoms with Crippen molar-refractivity contribution in [3.63, 3.8) is 0 Å². The summed E-state index contributed by atoms with van der Waals surface area (Å²) in [5.74, 6) is -1.64. The zero-order chi connectivity index (χ0) is 22.3. The van der Waals surface area contributed by atoms with E-state index in [9.17, 15) is 14.0 Å². The van der Waals surface area contributed by atoms with Gasteiger partial charge in [0.1, 0.15) is 11.5 Å². The average Bonchev–Trinajstić information content (AvgIpc) is 2.98. The highest BCUT2D eigenvalue weighted by molar-refractivity contribution is 6.46. The molecule has 0 saturated carbocycles. The molecule has 4 rings (SSSR count). The van der Waals surface area contributed by atoms with E-state index in [-0.39, 0.29) is 22.0 Å². The third-order valence-corrected chi connectivity index (χ3v) is 5.74. The molecule has 1 N–H and O–H groups in total. The second-order valence-electron chi connectivity index (χ2n) is 7.53. The van der Waals surface area contributed by atoms with Gasteiger partial charge in [0.25, 0.3) is 11.8 Å². The summed E-state index contributed by atoms with van der Waals surface area (Å²) in [4.78, 5) is 27.9. The Kier molecular flexibility index (Phi) is 5.38. The van der Waals surface area contributed by atoms with Crippen LogP contribution >= 0.6 is 11.6 Å². The number of anilines is 2. The second kappa shape index (κ2) is 8.00. The summed E-state index contributed by atoms with van der Waals surface area (Å²) in [6.45, 7) is 5.85. The van der Waals surface area contributed by atoms with Gasteiger partial charge in [0, 0.05) is 5.69 Å². The molecule has 31 heavy (non-hydrogen) atoms. The Bertz CT molecular complexity index is 1270. The normalized spacial score (nSPS) is 13.9. The minimum atomic E-state index is -0.620. The number of nitrogens with one attached hydrogen (secondary N) is 1. The predicted molar refractivity (Wildman–Crippen MR) is 122 cm³/mol. The number of imide groups is 1. The number of aryl methyl sites for hydroxylation is 3. The van der Waals surface area contributed by atoms with E-state index < -0.39 is 17.6 Å². The fraction of sp³-hybridized carbons (Fsp3) is 0.120. The Labute approximate surface area is 185 Å². The Morgan fingerprint density at radius 3 is 2.26 bits per heavy atom. The summed E-state index contributed by atoms with van der Waals surface area (Å²) in [5.41, 5.74) is 5.01. The summed E-state index contributed by atoms with van der Waals surface area (Å²) in [6.07, 6.45) is 0. The molecule has 156 valence electrons. The maximum atomic E-state index is 13.7. The molecule has 0 atom stereocenters. The number of carbonyl (C=O) groups is 2. The molecule has 3 aromatic carbocycles. The van der Waals surface area contributed by atoms with Crippen LogP contribution in [0.3, 0.4) is 0 Å². The number of carbonyl (C=O) groups excluding carboxylic acids is 2. The van der Waals surface area contributed by atoms with Crippen molar-refractivity contribution in [3.05, 3.63) is 99.5 Å².